The lowest BCUT2D eigenvalue weighted by molar-refractivity contribution is -0.145. The Bertz CT molecular complexity index is 2420. The number of rotatable bonds is 22. The Hall–Kier alpha value is -5.84. The van der Waals surface area contributed by atoms with E-state index in [-0.39, 0.29) is 71.6 Å². The van der Waals surface area contributed by atoms with E-state index in [0.29, 0.717) is 37.8 Å². The minimum absolute atomic E-state index is 0.0569. The van der Waals surface area contributed by atoms with Crippen LogP contribution in [0, 0.1) is 65.1 Å². The van der Waals surface area contributed by atoms with Crippen LogP contribution in [0.1, 0.15) is 352 Å². The zero-order valence-electron chi connectivity index (χ0n) is 80.0. The number of guanidine groups is 1. The van der Waals surface area contributed by atoms with Crippen molar-refractivity contribution in [3.8, 4) is 0 Å². The summed E-state index contributed by atoms with van der Waals surface area (Å²) in [6.45, 7) is 66.7. The van der Waals surface area contributed by atoms with Crippen molar-refractivity contribution in [2.45, 2.75) is 347 Å². The Morgan fingerprint density at radius 3 is 1.06 bits per heavy atom. The number of nitrogens with zero attached hydrogens (tertiary/aromatic N) is 3. The first-order valence-electron chi connectivity index (χ1n) is 45.8. The Balaban J connectivity index is -0.000000157. The van der Waals surface area contributed by atoms with E-state index in [1.807, 2.05) is 169 Å². The van der Waals surface area contributed by atoms with Crippen molar-refractivity contribution in [1.82, 2.24) is 36.6 Å². The number of carboxylic acid groups (broad SMARTS) is 5. The summed E-state index contributed by atoms with van der Waals surface area (Å²) in [5.74, 6) is -1.77. The largest absolute Gasteiger partial charge is 0.481 e. The highest BCUT2D eigenvalue weighted by Crippen LogP contribution is 2.24. The van der Waals surface area contributed by atoms with Crippen LogP contribution in [0.2, 0.25) is 0 Å². The lowest BCUT2D eigenvalue weighted by atomic mass is 9.86. The van der Waals surface area contributed by atoms with Gasteiger partial charge >= 0.3 is 29.8 Å². The fraction of sp³-hybridized carbons (Fsp3) is 0.789. The molecule has 21 nitrogen and oxygen atoms in total. The van der Waals surface area contributed by atoms with Gasteiger partial charge in [0.05, 0.1) is 29.2 Å². The minimum atomic E-state index is -0.746. The number of aliphatic carboxylic acids is 5. The highest BCUT2D eigenvalue weighted by molar-refractivity contribution is 5.82. The van der Waals surface area contributed by atoms with Crippen LogP contribution in [0.3, 0.4) is 0 Å². The number of benzene rings is 1. The molecular weight excluding hydrogens is 1460 g/mol. The van der Waals surface area contributed by atoms with E-state index < -0.39 is 29.8 Å². The number of aliphatic imine (C=N–C) groups is 1. The number of nitrogens with two attached hydrogens (primary N) is 3. The molecule has 21 heteroatoms. The van der Waals surface area contributed by atoms with Crippen LogP contribution in [0.25, 0.3) is 10.9 Å². The smallest absolute Gasteiger partial charge is 0.307 e. The van der Waals surface area contributed by atoms with Crippen LogP contribution in [-0.2, 0) is 30.4 Å². The molecule has 3 atom stereocenters. The van der Waals surface area contributed by atoms with Gasteiger partial charge in [-0.1, -0.05) is 294 Å². The number of para-hydroxylation sites is 1. The summed E-state index contributed by atoms with van der Waals surface area (Å²) in [5, 5.41) is 61.6. The van der Waals surface area contributed by atoms with E-state index in [1.54, 1.807) is 6.92 Å². The summed E-state index contributed by atoms with van der Waals surface area (Å²) in [4.78, 5) is 64.4. The average molecular weight is 1650 g/mol. The lowest BCUT2D eigenvalue weighted by Crippen LogP contribution is -2.28. The third kappa shape index (κ3) is 95.3. The van der Waals surface area contributed by atoms with Crippen LogP contribution in [0.5, 0.6) is 0 Å². The van der Waals surface area contributed by atoms with E-state index in [9.17, 15) is 24.0 Å². The molecule has 2 aliphatic heterocycles. The van der Waals surface area contributed by atoms with Crippen LogP contribution < -0.4 is 43.8 Å². The van der Waals surface area contributed by atoms with Crippen LogP contribution >= 0.6 is 0 Å². The number of aromatic nitrogens is 2. The fourth-order valence-electron chi connectivity index (χ4n) is 11.3. The molecule has 2 saturated heterocycles. The topological polar surface area (TPSA) is 363 Å². The lowest BCUT2D eigenvalue weighted by Gasteiger charge is -2.19. The number of carbonyl (C=O) groups is 5. The van der Waals surface area contributed by atoms with Crippen molar-refractivity contribution in [3.63, 3.8) is 0 Å². The van der Waals surface area contributed by atoms with Gasteiger partial charge in [-0.05, 0) is 201 Å². The molecule has 1 aromatic carbocycles. The first kappa shape index (κ1) is 128. The second-order valence-corrected chi connectivity index (χ2v) is 31.4. The molecular formula is C95H191N11O10. The fourth-order valence-corrected chi connectivity index (χ4v) is 11.3. The summed E-state index contributed by atoms with van der Waals surface area (Å²) in [6.07, 6.45) is 32.5. The minimum Gasteiger partial charge on any atom is -0.481 e. The normalized spacial score (nSPS) is 14.3. The van der Waals surface area contributed by atoms with Crippen LogP contribution in [0.4, 0.5) is 0 Å². The molecule has 3 unspecified atom stereocenters. The van der Waals surface area contributed by atoms with Gasteiger partial charge < -0.3 is 69.3 Å². The van der Waals surface area contributed by atoms with Crippen molar-refractivity contribution in [3.05, 3.63) is 72.2 Å². The highest BCUT2D eigenvalue weighted by atomic mass is 16.4. The third-order valence-electron chi connectivity index (χ3n) is 17.8. The standard InChI is InChI=1S/C13H29N3.C13H28N2.C12H13N.C9H19N3O2.C9H19NO2.C9H13N.C8H16O2.C6H12O2.C5H10O2.C3H8.4C2H6/c1-2-4-8-14-10-6-12-16-13-7-11-15-9-5-3-1;1-2-4-6-8-10-14-12-13-15-11-9-7-5-3-1;1-9(2)11-7-3-5-10-6-4-8-13-12(10)11;1-6(2)7(8(13)14)4-3-5-12-9(10)11;1-7(2)8(9(11)12)5-3-4-6-10;1-8(2)7-9-5-3-4-6-10-9;1-5(2)7(6(3)4)8(9)10;1-4(2)5(3)6(7)8;1-4(2)3-5(6)7;1-3-2;4*1-2/h14-16H,1-13H2;14-15H,1-13H2;3-9H,1-2H3;6-7H,3-5H2,1-2H3,(H,13,14)(H4,10,11,12);7-8H,3-6,10H2,1-2H3,(H,11,12);3-6,8H,7H2,1-2H3;5-7H,1-4H3,(H,9,10);4-5H,1-3H3,(H,7,8);4H,3H2,1-2H3,(H,6,7);3H2,1-2H3;4*1-2H3. The van der Waals surface area contributed by atoms with Crippen molar-refractivity contribution in [2.75, 3.05) is 78.5 Å². The number of pyridine rings is 2. The molecule has 0 aliphatic carbocycles. The highest BCUT2D eigenvalue weighted by Gasteiger charge is 2.25. The zero-order chi connectivity index (χ0) is 90.9. The van der Waals surface area contributed by atoms with E-state index in [0.717, 1.165) is 57.4 Å². The summed E-state index contributed by atoms with van der Waals surface area (Å²) < 4.78 is 0. The maximum atomic E-state index is 10.8. The average Bonchev–Trinajstić information content (AvgIpc) is 0.824. The Labute approximate surface area is 714 Å². The maximum absolute atomic E-state index is 10.8. The van der Waals surface area contributed by atoms with Gasteiger partial charge in [0, 0.05) is 49.5 Å². The predicted molar refractivity (Wildman–Crippen MR) is 502 cm³/mol. The predicted octanol–water partition coefficient (Wildman–Crippen LogP) is 21.7. The zero-order valence-corrected chi connectivity index (χ0v) is 80.0. The summed E-state index contributed by atoms with van der Waals surface area (Å²) in [7, 11) is 0. The molecule has 5 rings (SSSR count). The van der Waals surface area contributed by atoms with Gasteiger partial charge in [-0.2, -0.15) is 0 Å². The molecule has 0 spiro atoms. The van der Waals surface area contributed by atoms with Gasteiger partial charge in [0.2, 0.25) is 0 Å². The van der Waals surface area contributed by atoms with E-state index in [4.69, 9.17) is 42.7 Å². The number of hydrogen-bond acceptors (Lipinski definition) is 14. The monoisotopic (exact) mass is 1650 g/mol. The summed E-state index contributed by atoms with van der Waals surface area (Å²) in [6, 6.07) is 16.5. The molecule has 2 aromatic heterocycles. The van der Waals surface area contributed by atoms with Gasteiger partial charge in [0.25, 0.3) is 0 Å². The number of hydrogen-bond donors (Lipinski definition) is 13. The van der Waals surface area contributed by atoms with E-state index in [1.165, 1.54) is 165 Å². The van der Waals surface area contributed by atoms with Crippen molar-refractivity contribution < 1.29 is 49.5 Å². The molecule has 16 N–H and O–H groups in total. The molecule has 0 amide bonds. The second-order valence-electron chi connectivity index (χ2n) is 31.4. The summed E-state index contributed by atoms with van der Waals surface area (Å²) in [5.41, 5.74) is 19.3. The van der Waals surface area contributed by atoms with E-state index in [2.05, 4.69) is 113 Å². The second kappa shape index (κ2) is 98.0. The number of nitrogens with one attached hydrogen (secondary N) is 5. The Morgan fingerprint density at radius 2 is 0.784 bits per heavy atom. The first-order valence-corrected chi connectivity index (χ1v) is 45.8. The molecule has 4 heterocycles. The Morgan fingerprint density at radius 1 is 0.414 bits per heavy atom. The molecule has 0 radical (unpaired) electrons. The SMILES string of the molecule is C1CCCCCNCCNCCCCC1.C1CCCNCCCNCCCNCCC1.CC.CC.CC.CC.CC(C)C(C(=O)O)C(C)C.CC(C)C(C)C(=O)O.CC(C)C(CCCCN)C(=O)O.CC(C)C(CCCN=C(N)N)C(=O)O.CC(C)CC(=O)O.CC(C)Cc1ccccn1.CC(C)c1cccc2cccnc12.CCC. The quantitative estimate of drug-likeness (QED) is 0.0252. The van der Waals surface area contributed by atoms with Crippen molar-refractivity contribution in [2.24, 2.45) is 87.3 Å². The van der Waals surface area contributed by atoms with Gasteiger partial charge in [0.1, 0.15) is 0 Å². The number of unbranched alkanes of at least 4 members (excludes halogenated alkanes) is 1. The molecule has 2 aliphatic rings. The van der Waals surface area contributed by atoms with Crippen LogP contribution in [-0.4, -0.2) is 150 Å². The molecule has 3 aromatic rings. The third-order valence-corrected chi connectivity index (χ3v) is 17.8. The summed E-state index contributed by atoms with van der Waals surface area (Å²) >= 11 is 0. The number of carboxylic acids is 5. The Kier molecular flexibility index (Phi) is 108. The van der Waals surface area contributed by atoms with Crippen molar-refractivity contribution in [1.29, 1.82) is 0 Å². The first-order chi connectivity index (χ1) is 55.2. The van der Waals surface area contributed by atoms with Crippen molar-refractivity contribution >= 4 is 46.7 Å². The number of fused-ring (bicyclic) bond motifs is 1. The molecule has 686 valence electrons. The van der Waals surface area contributed by atoms with Gasteiger partial charge in [0.15, 0.2) is 5.96 Å². The van der Waals surface area contributed by atoms with Gasteiger partial charge in [-0.3, -0.25) is 38.9 Å². The molecule has 116 heavy (non-hydrogen) atoms. The molecule has 0 saturated carbocycles. The van der Waals surface area contributed by atoms with Gasteiger partial charge in [-0.25, -0.2) is 0 Å². The van der Waals surface area contributed by atoms with Gasteiger partial charge in [-0.15, -0.1) is 0 Å². The molecule has 2 fully saturated rings. The van der Waals surface area contributed by atoms with E-state index >= 15 is 0 Å². The maximum Gasteiger partial charge on any atom is 0.307 e. The van der Waals surface area contributed by atoms with Crippen LogP contribution in [0.15, 0.2) is 65.9 Å². The molecule has 0 bridgehead atoms.